The second-order valence-corrected chi connectivity index (χ2v) is 5.66. The second kappa shape index (κ2) is 5.11. The van der Waals surface area contributed by atoms with E-state index < -0.39 is 0 Å². The summed E-state index contributed by atoms with van der Waals surface area (Å²) in [6, 6.07) is 4.78. The van der Waals surface area contributed by atoms with Gasteiger partial charge in [-0.15, -0.1) is 11.3 Å². The first-order valence-electron chi connectivity index (χ1n) is 6.32. The molecule has 0 saturated carbocycles. The molecular weight excluding hydrogens is 256 g/mol. The van der Waals surface area contributed by atoms with Gasteiger partial charge in [-0.2, -0.15) is 5.10 Å². The normalized spacial score (nSPS) is 14.6. The van der Waals surface area contributed by atoms with Crippen molar-refractivity contribution in [2.45, 2.75) is 25.9 Å². The van der Waals surface area contributed by atoms with Crippen molar-refractivity contribution in [3.8, 4) is 0 Å². The lowest BCUT2D eigenvalue weighted by Crippen LogP contribution is -2.22. The molecule has 5 heteroatoms. The van der Waals surface area contributed by atoms with Crippen LogP contribution >= 0.6 is 11.3 Å². The highest BCUT2D eigenvalue weighted by Crippen LogP contribution is 2.24. The Labute approximate surface area is 115 Å². The molecule has 0 aliphatic rings. The third-order valence-corrected chi connectivity index (χ3v) is 4.20. The smallest absolute Gasteiger partial charge is 0.0809 e. The molecule has 0 radical (unpaired) electrons. The van der Waals surface area contributed by atoms with Gasteiger partial charge in [0.2, 0.25) is 0 Å². The fourth-order valence-electron chi connectivity index (χ4n) is 2.16. The summed E-state index contributed by atoms with van der Waals surface area (Å²) in [5.74, 6) is 0. The zero-order valence-corrected chi connectivity index (χ0v) is 11.7. The van der Waals surface area contributed by atoms with Gasteiger partial charge in [-0.05, 0) is 36.9 Å². The molecule has 0 aromatic carbocycles. The zero-order valence-electron chi connectivity index (χ0n) is 10.9. The minimum absolute atomic E-state index is 0.254. The molecule has 0 aliphatic heterocycles. The van der Waals surface area contributed by atoms with Crippen LogP contribution in [0.4, 0.5) is 0 Å². The van der Waals surface area contributed by atoms with Gasteiger partial charge in [0.15, 0.2) is 0 Å². The van der Waals surface area contributed by atoms with Crippen molar-refractivity contribution in [3.63, 3.8) is 0 Å². The summed E-state index contributed by atoms with van der Waals surface area (Å²) in [5, 5.41) is 12.5. The summed E-state index contributed by atoms with van der Waals surface area (Å²) >= 11 is 1.73. The summed E-state index contributed by atoms with van der Waals surface area (Å²) in [4.78, 5) is 4.48. The molecule has 0 amide bonds. The van der Waals surface area contributed by atoms with Crippen LogP contribution in [0.25, 0.3) is 10.2 Å². The van der Waals surface area contributed by atoms with Crippen molar-refractivity contribution in [2.24, 2.45) is 0 Å². The molecule has 4 nitrogen and oxygen atoms in total. The molecule has 3 aromatic heterocycles. The number of nitrogens with one attached hydrogen (secondary N) is 2. The van der Waals surface area contributed by atoms with Crippen molar-refractivity contribution >= 4 is 21.6 Å². The molecule has 19 heavy (non-hydrogen) atoms. The fraction of sp³-hybridized carbons (Fsp3) is 0.286. The van der Waals surface area contributed by atoms with E-state index in [1.165, 1.54) is 10.3 Å². The molecule has 3 aromatic rings. The molecule has 2 unspecified atom stereocenters. The second-order valence-electron chi connectivity index (χ2n) is 4.71. The molecule has 0 saturated heterocycles. The van der Waals surface area contributed by atoms with E-state index in [-0.39, 0.29) is 12.1 Å². The SMILES string of the molecule is CC(NC(C)c1cnc2ccsc2c1)c1cn[nH]c1. The van der Waals surface area contributed by atoms with Gasteiger partial charge in [0.05, 0.1) is 16.4 Å². The quantitative estimate of drug-likeness (QED) is 0.765. The first kappa shape index (κ1) is 12.3. The molecule has 0 bridgehead atoms. The summed E-state index contributed by atoms with van der Waals surface area (Å²) in [7, 11) is 0. The van der Waals surface area contributed by atoms with E-state index in [0.717, 1.165) is 11.1 Å². The first-order chi connectivity index (χ1) is 9.24. The maximum absolute atomic E-state index is 4.48. The Hall–Kier alpha value is -1.72. The molecule has 2 atom stereocenters. The number of fused-ring (bicyclic) bond motifs is 1. The average Bonchev–Trinajstić information content (AvgIpc) is 3.09. The standard InChI is InChI=1S/C14H16N4S/c1-9(18-10(2)12-7-16-17-8-12)11-5-14-13(15-6-11)3-4-19-14/h3-10,18H,1-2H3,(H,16,17). The van der Waals surface area contributed by atoms with E-state index in [1.807, 2.05) is 18.6 Å². The number of hydrogen-bond acceptors (Lipinski definition) is 4. The maximum Gasteiger partial charge on any atom is 0.0809 e. The number of nitrogens with zero attached hydrogens (tertiary/aromatic N) is 2. The molecule has 0 aliphatic carbocycles. The van der Waals surface area contributed by atoms with E-state index in [1.54, 1.807) is 11.3 Å². The number of hydrogen-bond donors (Lipinski definition) is 2. The van der Waals surface area contributed by atoms with Crippen LogP contribution in [0.2, 0.25) is 0 Å². The fourth-order valence-corrected chi connectivity index (χ4v) is 2.95. The lowest BCUT2D eigenvalue weighted by molar-refractivity contribution is 0.494. The Balaban J connectivity index is 1.77. The van der Waals surface area contributed by atoms with Crippen LogP contribution in [0.1, 0.15) is 37.1 Å². The monoisotopic (exact) mass is 272 g/mol. The van der Waals surface area contributed by atoms with Crippen LogP contribution in [-0.2, 0) is 0 Å². The number of pyridine rings is 1. The lowest BCUT2D eigenvalue weighted by atomic mass is 10.1. The summed E-state index contributed by atoms with van der Waals surface area (Å²) in [5.41, 5.74) is 3.45. The van der Waals surface area contributed by atoms with Gasteiger partial charge in [0, 0.05) is 30.0 Å². The van der Waals surface area contributed by atoms with Crippen molar-refractivity contribution in [1.29, 1.82) is 0 Å². The Morgan fingerprint density at radius 3 is 2.84 bits per heavy atom. The van der Waals surface area contributed by atoms with E-state index in [4.69, 9.17) is 0 Å². The van der Waals surface area contributed by atoms with Crippen LogP contribution in [0, 0.1) is 0 Å². The number of aromatic nitrogens is 3. The highest BCUT2D eigenvalue weighted by molar-refractivity contribution is 7.17. The Morgan fingerprint density at radius 2 is 2.05 bits per heavy atom. The Morgan fingerprint density at radius 1 is 1.21 bits per heavy atom. The van der Waals surface area contributed by atoms with Crippen molar-refractivity contribution in [1.82, 2.24) is 20.5 Å². The van der Waals surface area contributed by atoms with E-state index >= 15 is 0 Å². The van der Waals surface area contributed by atoms with Crippen LogP contribution in [-0.4, -0.2) is 15.2 Å². The van der Waals surface area contributed by atoms with Gasteiger partial charge in [0.25, 0.3) is 0 Å². The highest BCUT2D eigenvalue weighted by atomic mass is 32.1. The minimum atomic E-state index is 0.254. The molecule has 0 fully saturated rings. The Bertz CT molecular complexity index is 659. The first-order valence-corrected chi connectivity index (χ1v) is 7.20. The molecule has 3 rings (SSSR count). The van der Waals surface area contributed by atoms with Gasteiger partial charge < -0.3 is 5.32 Å². The number of H-pyrrole nitrogens is 1. The maximum atomic E-state index is 4.48. The third kappa shape index (κ3) is 2.52. The number of aromatic amines is 1. The predicted molar refractivity (Wildman–Crippen MR) is 78.2 cm³/mol. The van der Waals surface area contributed by atoms with Crippen LogP contribution in [0.5, 0.6) is 0 Å². The van der Waals surface area contributed by atoms with Crippen LogP contribution in [0.15, 0.2) is 36.1 Å². The average molecular weight is 272 g/mol. The van der Waals surface area contributed by atoms with Crippen molar-refractivity contribution in [3.05, 3.63) is 47.2 Å². The lowest BCUT2D eigenvalue weighted by Gasteiger charge is -2.19. The molecule has 98 valence electrons. The van der Waals surface area contributed by atoms with E-state index in [9.17, 15) is 0 Å². The van der Waals surface area contributed by atoms with Crippen molar-refractivity contribution in [2.75, 3.05) is 0 Å². The molecule has 0 spiro atoms. The molecule has 3 heterocycles. The highest BCUT2D eigenvalue weighted by Gasteiger charge is 2.12. The number of thiophene rings is 1. The summed E-state index contributed by atoms with van der Waals surface area (Å²) in [6.07, 6.45) is 5.73. The van der Waals surface area contributed by atoms with Gasteiger partial charge >= 0.3 is 0 Å². The van der Waals surface area contributed by atoms with E-state index in [2.05, 4.69) is 51.9 Å². The van der Waals surface area contributed by atoms with Gasteiger partial charge in [0.1, 0.15) is 0 Å². The summed E-state index contributed by atoms with van der Waals surface area (Å²) < 4.78 is 1.24. The van der Waals surface area contributed by atoms with Crippen molar-refractivity contribution < 1.29 is 0 Å². The van der Waals surface area contributed by atoms with Gasteiger partial charge in [-0.1, -0.05) is 0 Å². The van der Waals surface area contributed by atoms with Gasteiger partial charge in [-0.3, -0.25) is 10.1 Å². The number of rotatable bonds is 4. The van der Waals surface area contributed by atoms with E-state index in [0.29, 0.717) is 0 Å². The molecular formula is C14H16N4S. The third-order valence-electron chi connectivity index (χ3n) is 3.34. The minimum Gasteiger partial charge on any atom is -0.303 e. The van der Waals surface area contributed by atoms with Crippen LogP contribution in [0.3, 0.4) is 0 Å². The Kier molecular flexibility index (Phi) is 3.31. The van der Waals surface area contributed by atoms with Crippen LogP contribution < -0.4 is 5.32 Å². The predicted octanol–water partition coefficient (Wildman–Crippen LogP) is 3.43. The van der Waals surface area contributed by atoms with Gasteiger partial charge in [-0.25, -0.2) is 0 Å². The topological polar surface area (TPSA) is 53.6 Å². The zero-order chi connectivity index (χ0) is 13.2. The summed E-state index contributed by atoms with van der Waals surface area (Å²) in [6.45, 7) is 4.30. The largest absolute Gasteiger partial charge is 0.303 e. The molecule has 2 N–H and O–H groups in total.